The van der Waals surface area contributed by atoms with Gasteiger partial charge in [0.1, 0.15) is 17.5 Å². The predicted molar refractivity (Wildman–Crippen MR) is 67.5 cm³/mol. The largest absolute Gasteiger partial charge is 0.329 e. The second kappa shape index (κ2) is 5.09. The van der Waals surface area contributed by atoms with E-state index >= 15 is 0 Å². The lowest BCUT2D eigenvalue weighted by Crippen LogP contribution is -2.19. The molecule has 1 aromatic heterocycles. The minimum absolute atomic E-state index is 0.297. The van der Waals surface area contributed by atoms with Crippen molar-refractivity contribution in [3.8, 4) is 0 Å². The Morgan fingerprint density at radius 2 is 2.16 bits per heavy atom. The van der Waals surface area contributed by atoms with Gasteiger partial charge in [0.05, 0.1) is 13.1 Å². The van der Waals surface area contributed by atoms with E-state index in [2.05, 4.69) is 10.3 Å². The summed E-state index contributed by atoms with van der Waals surface area (Å²) in [7, 11) is 0. The SMILES string of the molecule is Fc1ccc(F)c(Cn2ccnc2CNC2CC2)c1. The summed E-state index contributed by atoms with van der Waals surface area (Å²) in [6.45, 7) is 0.958. The van der Waals surface area contributed by atoms with E-state index in [9.17, 15) is 8.78 Å². The van der Waals surface area contributed by atoms with Crippen molar-refractivity contribution in [2.45, 2.75) is 32.0 Å². The number of benzene rings is 1. The van der Waals surface area contributed by atoms with Crippen molar-refractivity contribution in [1.82, 2.24) is 14.9 Å². The first-order chi connectivity index (χ1) is 9.22. The van der Waals surface area contributed by atoms with Gasteiger partial charge in [-0.05, 0) is 31.0 Å². The second-order valence-electron chi connectivity index (χ2n) is 4.86. The van der Waals surface area contributed by atoms with E-state index in [4.69, 9.17) is 0 Å². The lowest BCUT2D eigenvalue weighted by molar-refractivity contribution is 0.566. The number of halogens is 2. The van der Waals surface area contributed by atoms with E-state index in [1.807, 2.05) is 4.57 Å². The van der Waals surface area contributed by atoms with Crippen molar-refractivity contribution in [1.29, 1.82) is 0 Å². The summed E-state index contributed by atoms with van der Waals surface area (Å²) in [5, 5.41) is 3.36. The fraction of sp³-hybridized carbons (Fsp3) is 0.357. The lowest BCUT2D eigenvalue weighted by atomic mass is 10.2. The van der Waals surface area contributed by atoms with Gasteiger partial charge in [-0.2, -0.15) is 0 Å². The summed E-state index contributed by atoms with van der Waals surface area (Å²) in [4.78, 5) is 4.25. The molecule has 0 amide bonds. The quantitative estimate of drug-likeness (QED) is 0.898. The molecule has 0 unspecified atom stereocenters. The molecule has 2 aromatic rings. The van der Waals surface area contributed by atoms with Crippen molar-refractivity contribution in [2.24, 2.45) is 0 Å². The lowest BCUT2D eigenvalue weighted by Gasteiger charge is -2.09. The number of aromatic nitrogens is 2. The van der Waals surface area contributed by atoms with Crippen LogP contribution in [0.2, 0.25) is 0 Å². The highest BCUT2D eigenvalue weighted by Crippen LogP contribution is 2.19. The fourth-order valence-corrected chi connectivity index (χ4v) is 2.02. The maximum atomic E-state index is 13.6. The summed E-state index contributed by atoms with van der Waals surface area (Å²) in [6.07, 6.45) is 5.88. The van der Waals surface area contributed by atoms with Crippen molar-refractivity contribution < 1.29 is 8.78 Å². The molecule has 0 spiro atoms. The van der Waals surface area contributed by atoms with Crippen LogP contribution in [-0.4, -0.2) is 15.6 Å². The van der Waals surface area contributed by atoms with E-state index in [0.29, 0.717) is 24.7 Å². The molecule has 0 atom stereocenters. The molecule has 0 bridgehead atoms. The minimum Gasteiger partial charge on any atom is -0.329 e. The predicted octanol–water partition coefficient (Wildman–Crippen LogP) is 2.46. The molecular weight excluding hydrogens is 248 g/mol. The summed E-state index contributed by atoms with van der Waals surface area (Å²) >= 11 is 0. The standard InChI is InChI=1S/C14H15F2N3/c15-11-1-4-13(16)10(7-11)9-19-6-5-17-14(19)8-18-12-2-3-12/h1,4-7,12,18H,2-3,8-9H2. The van der Waals surface area contributed by atoms with E-state index in [0.717, 1.165) is 18.0 Å². The molecule has 3 nitrogen and oxygen atoms in total. The average Bonchev–Trinajstić information content (AvgIpc) is 3.12. The van der Waals surface area contributed by atoms with Crippen LogP contribution in [0.3, 0.4) is 0 Å². The van der Waals surface area contributed by atoms with E-state index < -0.39 is 11.6 Å². The van der Waals surface area contributed by atoms with Crippen molar-refractivity contribution in [3.63, 3.8) is 0 Å². The maximum Gasteiger partial charge on any atom is 0.128 e. The van der Waals surface area contributed by atoms with Gasteiger partial charge in [-0.15, -0.1) is 0 Å². The Kier molecular flexibility index (Phi) is 3.29. The fourth-order valence-electron chi connectivity index (χ4n) is 2.02. The number of nitrogens with zero attached hydrogens (tertiary/aromatic N) is 2. The second-order valence-corrected chi connectivity index (χ2v) is 4.86. The Labute approximate surface area is 110 Å². The first-order valence-electron chi connectivity index (χ1n) is 6.40. The average molecular weight is 263 g/mol. The molecule has 1 heterocycles. The van der Waals surface area contributed by atoms with Crippen LogP contribution < -0.4 is 5.32 Å². The molecule has 19 heavy (non-hydrogen) atoms. The van der Waals surface area contributed by atoms with Gasteiger partial charge in [-0.3, -0.25) is 0 Å². The maximum absolute atomic E-state index is 13.6. The Morgan fingerprint density at radius 3 is 2.95 bits per heavy atom. The van der Waals surface area contributed by atoms with Crippen molar-refractivity contribution in [3.05, 3.63) is 53.6 Å². The van der Waals surface area contributed by atoms with Gasteiger partial charge < -0.3 is 9.88 Å². The zero-order valence-corrected chi connectivity index (χ0v) is 10.4. The molecule has 0 radical (unpaired) electrons. The highest BCUT2D eigenvalue weighted by atomic mass is 19.1. The number of rotatable bonds is 5. The first-order valence-corrected chi connectivity index (χ1v) is 6.40. The monoisotopic (exact) mass is 263 g/mol. The highest BCUT2D eigenvalue weighted by Gasteiger charge is 2.20. The molecule has 1 N–H and O–H groups in total. The van der Waals surface area contributed by atoms with Gasteiger partial charge in [-0.25, -0.2) is 13.8 Å². The molecule has 5 heteroatoms. The van der Waals surface area contributed by atoms with Crippen LogP contribution in [0, 0.1) is 11.6 Å². The minimum atomic E-state index is -0.422. The molecular formula is C14H15F2N3. The number of nitrogens with one attached hydrogen (secondary N) is 1. The van der Waals surface area contributed by atoms with Crippen LogP contribution in [0.15, 0.2) is 30.6 Å². The van der Waals surface area contributed by atoms with Gasteiger partial charge >= 0.3 is 0 Å². The molecule has 0 saturated heterocycles. The Balaban J connectivity index is 1.74. The number of hydrogen-bond acceptors (Lipinski definition) is 2. The molecule has 1 saturated carbocycles. The van der Waals surface area contributed by atoms with Crippen LogP contribution in [0.4, 0.5) is 8.78 Å². The highest BCUT2D eigenvalue weighted by molar-refractivity contribution is 5.19. The van der Waals surface area contributed by atoms with E-state index in [-0.39, 0.29) is 0 Å². The smallest absolute Gasteiger partial charge is 0.128 e. The first kappa shape index (κ1) is 12.3. The molecule has 100 valence electrons. The third kappa shape index (κ3) is 2.98. The van der Waals surface area contributed by atoms with Gasteiger partial charge in [0.2, 0.25) is 0 Å². The summed E-state index contributed by atoms with van der Waals surface area (Å²) < 4.78 is 28.6. The van der Waals surface area contributed by atoms with Crippen LogP contribution in [0.1, 0.15) is 24.2 Å². The van der Waals surface area contributed by atoms with E-state index in [1.54, 1.807) is 12.4 Å². The molecule has 1 aliphatic carbocycles. The topological polar surface area (TPSA) is 29.9 Å². The van der Waals surface area contributed by atoms with Gasteiger partial charge in [0.15, 0.2) is 0 Å². The summed E-state index contributed by atoms with van der Waals surface area (Å²) in [5.74, 6) is 0.0286. The molecule has 3 rings (SSSR count). The third-order valence-corrected chi connectivity index (χ3v) is 3.28. The van der Waals surface area contributed by atoms with Gasteiger partial charge in [0.25, 0.3) is 0 Å². The molecule has 1 fully saturated rings. The van der Waals surface area contributed by atoms with E-state index in [1.165, 1.54) is 18.9 Å². The zero-order chi connectivity index (χ0) is 13.2. The summed E-state index contributed by atoms with van der Waals surface area (Å²) in [5.41, 5.74) is 0.339. The Morgan fingerprint density at radius 1 is 1.32 bits per heavy atom. The molecule has 1 aromatic carbocycles. The normalized spacial score (nSPS) is 14.8. The Bertz CT molecular complexity index is 576. The Hall–Kier alpha value is -1.75. The van der Waals surface area contributed by atoms with Gasteiger partial charge in [-0.1, -0.05) is 0 Å². The van der Waals surface area contributed by atoms with Crippen molar-refractivity contribution in [2.75, 3.05) is 0 Å². The number of hydrogen-bond donors (Lipinski definition) is 1. The zero-order valence-electron chi connectivity index (χ0n) is 10.4. The van der Waals surface area contributed by atoms with Crippen LogP contribution in [0.5, 0.6) is 0 Å². The number of imidazole rings is 1. The van der Waals surface area contributed by atoms with Gasteiger partial charge in [0, 0.05) is 24.0 Å². The third-order valence-electron chi connectivity index (χ3n) is 3.28. The van der Waals surface area contributed by atoms with Crippen molar-refractivity contribution >= 4 is 0 Å². The van der Waals surface area contributed by atoms with Crippen LogP contribution in [0.25, 0.3) is 0 Å². The summed E-state index contributed by atoms with van der Waals surface area (Å²) in [6, 6.07) is 4.11. The van der Waals surface area contributed by atoms with Crippen LogP contribution in [-0.2, 0) is 13.1 Å². The molecule has 1 aliphatic rings. The molecule has 0 aliphatic heterocycles. The van der Waals surface area contributed by atoms with Crippen LogP contribution >= 0.6 is 0 Å².